The molecule has 0 aliphatic heterocycles. The summed E-state index contributed by atoms with van der Waals surface area (Å²) in [6, 6.07) is 13.0. The molecule has 0 radical (unpaired) electrons. The summed E-state index contributed by atoms with van der Waals surface area (Å²) in [5.74, 6) is -1.00. The highest BCUT2D eigenvalue weighted by Gasteiger charge is 2.24. The molecule has 1 unspecified atom stereocenters. The van der Waals surface area contributed by atoms with Crippen molar-refractivity contribution in [2.45, 2.75) is 23.6 Å². The number of thioether (sulfide) groups is 1. The third-order valence-electron chi connectivity index (χ3n) is 3.38. The van der Waals surface area contributed by atoms with Crippen LogP contribution >= 0.6 is 11.8 Å². The number of nitrogens with zero attached hydrogens (tertiary/aromatic N) is 3. The quantitative estimate of drug-likeness (QED) is 0.803. The molecule has 0 amide bonds. The standard InChI is InChI=1S/C17H14N4O2S/c1-2-13(17(22)23)24-16-12(9-19)14(10-6-4-3-5-7-10)11(8-18)15(20)21-16/h3-7,13H,2H2,1H3,(H2,20,21)(H,22,23). The van der Waals surface area contributed by atoms with Crippen molar-refractivity contribution in [3.8, 4) is 23.3 Å². The van der Waals surface area contributed by atoms with Gasteiger partial charge in [0.05, 0.1) is 5.56 Å². The Bertz CT molecular complexity index is 854. The lowest BCUT2D eigenvalue weighted by Gasteiger charge is -2.15. The zero-order valence-corrected chi connectivity index (χ0v) is 13.7. The molecule has 0 fully saturated rings. The van der Waals surface area contributed by atoms with E-state index in [2.05, 4.69) is 11.1 Å². The summed E-state index contributed by atoms with van der Waals surface area (Å²) in [6.07, 6.45) is 0.368. The van der Waals surface area contributed by atoms with Crippen LogP contribution in [0, 0.1) is 22.7 Å². The van der Waals surface area contributed by atoms with Crippen molar-refractivity contribution in [1.82, 2.24) is 4.98 Å². The first kappa shape index (κ1) is 17.3. The van der Waals surface area contributed by atoms with Crippen LogP contribution in [0.25, 0.3) is 11.1 Å². The number of carboxylic acid groups (broad SMARTS) is 1. The maximum Gasteiger partial charge on any atom is 0.317 e. The molecule has 120 valence electrons. The highest BCUT2D eigenvalue weighted by Crippen LogP contribution is 2.37. The molecule has 3 N–H and O–H groups in total. The van der Waals surface area contributed by atoms with Crippen LogP contribution in [-0.2, 0) is 4.79 Å². The number of nitrogen functional groups attached to an aromatic ring is 1. The van der Waals surface area contributed by atoms with Crippen molar-refractivity contribution in [2.75, 3.05) is 5.73 Å². The molecule has 0 aliphatic carbocycles. The number of aliphatic carboxylic acids is 1. The van der Waals surface area contributed by atoms with E-state index in [1.165, 1.54) is 0 Å². The summed E-state index contributed by atoms with van der Waals surface area (Å²) in [4.78, 5) is 15.4. The van der Waals surface area contributed by atoms with E-state index < -0.39 is 11.2 Å². The number of pyridine rings is 1. The van der Waals surface area contributed by atoms with E-state index in [1.807, 2.05) is 12.1 Å². The number of hydrogen-bond donors (Lipinski definition) is 2. The van der Waals surface area contributed by atoms with Crippen molar-refractivity contribution < 1.29 is 9.90 Å². The van der Waals surface area contributed by atoms with E-state index in [4.69, 9.17) is 5.73 Å². The Hall–Kier alpha value is -3.03. The van der Waals surface area contributed by atoms with Gasteiger partial charge in [-0.15, -0.1) is 0 Å². The Kier molecular flexibility index (Phi) is 5.41. The van der Waals surface area contributed by atoms with Crippen LogP contribution in [0.5, 0.6) is 0 Å². The topological polar surface area (TPSA) is 124 Å². The lowest BCUT2D eigenvalue weighted by Crippen LogP contribution is -2.16. The van der Waals surface area contributed by atoms with Gasteiger partial charge in [-0.1, -0.05) is 49.0 Å². The van der Waals surface area contributed by atoms with E-state index in [0.29, 0.717) is 17.5 Å². The fourth-order valence-electron chi connectivity index (χ4n) is 2.22. The maximum absolute atomic E-state index is 11.3. The van der Waals surface area contributed by atoms with Crippen molar-refractivity contribution in [3.63, 3.8) is 0 Å². The molecule has 0 saturated heterocycles. The molecule has 0 aliphatic rings. The number of nitrogens with two attached hydrogens (primary N) is 1. The van der Waals surface area contributed by atoms with Crippen LogP contribution in [0.15, 0.2) is 35.4 Å². The fraction of sp³-hybridized carbons (Fsp3) is 0.176. The van der Waals surface area contributed by atoms with E-state index in [9.17, 15) is 20.4 Å². The van der Waals surface area contributed by atoms with Gasteiger partial charge >= 0.3 is 5.97 Å². The molecule has 2 rings (SSSR count). The van der Waals surface area contributed by atoms with Crippen LogP contribution in [-0.4, -0.2) is 21.3 Å². The fourth-order valence-corrected chi connectivity index (χ4v) is 3.17. The van der Waals surface area contributed by atoms with Gasteiger partial charge in [0.2, 0.25) is 0 Å². The van der Waals surface area contributed by atoms with Crippen LogP contribution in [0.3, 0.4) is 0 Å². The Morgan fingerprint density at radius 1 is 1.29 bits per heavy atom. The Labute approximate surface area is 143 Å². The number of anilines is 1. The molecule has 0 saturated carbocycles. The lowest BCUT2D eigenvalue weighted by atomic mass is 9.97. The van der Waals surface area contributed by atoms with E-state index >= 15 is 0 Å². The Morgan fingerprint density at radius 3 is 2.42 bits per heavy atom. The number of carboxylic acids is 1. The number of rotatable bonds is 5. The van der Waals surface area contributed by atoms with Crippen LogP contribution in [0.2, 0.25) is 0 Å². The van der Waals surface area contributed by atoms with Gasteiger partial charge in [-0.2, -0.15) is 10.5 Å². The number of hydrogen-bond acceptors (Lipinski definition) is 6. The average molecular weight is 338 g/mol. The van der Waals surface area contributed by atoms with Crippen molar-refractivity contribution in [3.05, 3.63) is 41.5 Å². The second-order valence-electron chi connectivity index (χ2n) is 4.87. The highest BCUT2D eigenvalue weighted by atomic mass is 32.2. The molecule has 0 spiro atoms. The molecule has 2 aromatic rings. The van der Waals surface area contributed by atoms with Gasteiger partial charge in [-0.3, -0.25) is 4.79 Å². The normalized spacial score (nSPS) is 11.3. The molecule has 1 heterocycles. The monoisotopic (exact) mass is 338 g/mol. The molecule has 24 heavy (non-hydrogen) atoms. The smallest absolute Gasteiger partial charge is 0.317 e. The zero-order chi connectivity index (χ0) is 17.7. The first-order chi connectivity index (χ1) is 11.5. The summed E-state index contributed by atoms with van der Waals surface area (Å²) in [5.41, 5.74) is 7.21. The molecular formula is C17H14N4O2S. The van der Waals surface area contributed by atoms with Crippen molar-refractivity contribution >= 4 is 23.5 Å². The van der Waals surface area contributed by atoms with E-state index in [1.54, 1.807) is 31.2 Å². The van der Waals surface area contributed by atoms with Crippen LogP contribution < -0.4 is 5.73 Å². The predicted octanol–water partition coefficient (Wildman–Crippen LogP) is 3.03. The average Bonchev–Trinajstić information content (AvgIpc) is 2.59. The second-order valence-corrected chi connectivity index (χ2v) is 6.06. The predicted molar refractivity (Wildman–Crippen MR) is 91.1 cm³/mol. The maximum atomic E-state index is 11.3. The summed E-state index contributed by atoms with van der Waals surface area (Å²) in [7, 11) is 0. The van der Waals surface area contributed by atoms with E-state index in [0.717, 1.165) is 11.8 Å². The van der Waals surface area contributed by atoms with Gasteiger partial charge < -0.3 is 10.8 Å². The zero-order valence-electron chi connectivity index (χ0n) is 12.9. The van der Waals surface area contributed by atoms with Crippen LogP contribution in [0.1, 0.15) is 24.5 Å². The summed E-state index contributed by atoms with van der Waals surface area (Å²) in [6.45, 7) is 1.74. The molecule has 7 heteroatoms. The van der Waals surface area contributed by atoms with Gasteiger partial charge in [-0.05, 0) is 12.0 Å². The summed E-state index contributed by atoms with van der Waals surface area (Å²) in [5, 5.41) is 27.7. The number of benzene rings is 1. The van der Waals surface area contributed by atoms with Gasteiger partial charge in [-0.25, -0.2) is 4.98 Å². The summed E-state index contributed by atoms with van der Waals surface area (Å²) >= 11 is 0.968. The lowest BCUT2D eigenvalue weighted by molar-refractivity contribution is -0.136. The first-order valence-corrected chi connectivity index (χ1v) is 8.00. The van der Waals surface area contributed by atoms with Crippen LogP contribution in [0.4, 0.5) is 5.82 Å². The van der Waals surface area contributed by atoms with Gasteiger partial charge in [0.15, 0.2) is 0 Å². The highest BCUT2D eigenvalue weighted by molar-refractivity contribution is 8.00. The molecular weight excluding hydrogens is 324 g/mol. The third kappa shape index (κ3) is 3.32. The molecule has 1 aromatic heterocycles. The minimum absolute atomic E-state index is 0.0157. The Morgan fingerprint density at radius 2 is 1.92 bits per heavy atom. The first-order valence-electron chi connectivity index (χ1n) is 7.12. The molecule has 6 nitrogen and oxygen atoms in total. The minimum Gasteiger partial charge on any atom is -0.480 e. The summed E-state index contributed by atoms with van der Waals surface area (Å²) < 4.78 is 0. The van der Waals surface area contributed by atoms with Crippen molar-refractivity contribution in [2.24, 2.45) is 0 Å². The Balaban J connectivity index is 2.72. The number of nitriles is 2. The van der Waals surface area contributed by atoms with E-state index in [-0.39, 0.29) is 22.0 Å². The third-order valence-corrected chi connectivity index (χ3v) is 4.72. The van der Waals surface area contributed by atoms with Gasteiger partial charge in [0.1, 0.15) is 33.8 Å². The van der Waals surface area contributed by atoms with Gasteiger partial charge in [0, 0.05) is 5.56 Å². The van der Waals surface area contributed by atoms with Crippen molar-refractivity contribution in [1.29, 1.82) is 10.5 Å². The number of carbonyl (C=O) groups is 1. The SMILES string of the molecule is CCC(Sc1nc(N)c(C#N)c(-c2ccccc2)c1C#N)C(=O)O. The second kappa shape index (κ2) is 7.49. The molecule has 1 aromatic carbocycles. The minimum atomic E-state index is -0.989. The largest absolute Gasteiger partial charge is 0.480 e. The van der Waals surface area contributed by atoms with Gasteiger partial charge in [0.25, 0.3) is 0 Å². The number of aromatic nitrogens is 1. The molecule has 0 bridgehead atoms. The molecule has 1 atom stereocenters.